The fraction of sp³-hybridized carbons (Fsp3) is 0. The van der Waals surface area contributed by atoms with E-state index >= 15 is 0 Å². The highest BCUT2D eigenvalue weighted by Crippen LogP contribution is 2.44. The van der Waals surface area contributed by atoms with Gasteiger partial charge in [0.15, 0.2) is 15.7 Å². The minimum absolute atomic E-state index is 0.224. The maximum Gasteiger partial charge on any atom is 0.166 e. The van der Waals surface area contributed by atoms with E-state index in [4.69, 9.17) is 34.8 Å². The first kappa shape index (κ1) is 25.0. The molecule has 1 heterocycles. The van der Waals surface area contributed by atoms with E-state index < -0.39 is 7.20 Å². The van der Waals surface area contributed by atoms with Crippen LogP contribution >= 0.6 is 59.0 Å². The van der Waals surface area contributed by atoms with Gasteiger partial charge in [0.2, 0.25) is 0 Å². The van der Waals surface area contributed by atoms with Crippen LogP contribution in [-0.2, 0) is 0 Å². The van der Waals surface area contributed by atoms with Crippen molar-refractivity contribution in [3.8, 4) is 39.1 Å². The maximum absolute atomic E-state index is 10.7. The van der Waals surface area contributed by atoms with Crippen LogP contribution < -0.4 is 0 Å². The van der Waals surface area contributed by atoms with Crippen molar-refractivity contribution in [1.29, 1.82) is 0 Å². The van der Waals surface area contributed by atoms with Crippen LogP contribution in [0.2, 0.25) is 0 Å². The summed E-state index contributed by atoms with van der Waals surface area (Å²) in [6, 6.07) is 34.4. The lowest BCUT2D eigenvalue weighted by Crippen LogP contribution is -1.91. The second-order valence-corrected chi connectivity index (χ2v) is 13.6. The summed E-state index contributed by atoms with van der Waals surface area (Å²) in [5.41, 5.74) is 6.28. The van der Waals surface area contributed by atoms with Crippen molar-refractivity contribution in [2.75, 3.05) is 0 Å². The van der Waals surface area contributed by atoms with E-state index in [0.717, 1.165) is 33.4 Å². The lowest BCUT2D eigenvalue weighted by atomic mass is 9.87. The topological polar surface area (TPSA) is 43.0 Å². The molecule has 0 bridgehead atoms. The van der Waals surface area contributed by atoms with Crippen molar-refractivity contribution in [2.24, 2.45) is 0 Å². The third kappa shape index (κ3) is 5.91. The van der Waals surface area contributed by atoms with Gasteiger partial charge in [-0.3, -0.25) is 0 Å². The standard InChI is InChI=1S/C24H18O.Cl3HN3P3/c25-22-17-16-21(18-10-4-1-5-11-18)23(19-12-6-2-7-13-19)24(22)20-14-8-3-9-15-20;1-5-7-4-8-6(2)9(5)3/h1-17,25H;7H. The van der Waals surface area contributed by atoms with Crippen LogP contribution in [0, 0.1) is 0 Å². The fourth-order valence-electron chi connectivity index (χ4n) is 3.48. The summed E-state index contributed by atoms with van der Waals surface area (Å²) in [6.45, 7) is 0. The van der Waals surface area contributed by atoms with E-state index in [9.17, 15) is 5.11 Å². The number of halogens is 3. The average molecular weight is 565 g/mol. The van der Waals surface area contributed by atoms with Gasteiger partial charge in [-0.25, -0.2) is 0 Å². The first-order valence-electron chi connectivity index (χ1n) is 10.1. The molecule has 0 aliphatic rings. The normalized spacial score (nSPS) is 11.3. The number of aromatic nitrogens is 3. The van der Waals surface area contributed by atoms with Gasteiger partial charge in [0.25, 0.3) is 0 Å². The number of hydrogen-bond donors (Lipinski definition) is 1. The van der Waals surface area contributed by atoms with Crippen molar-refractivity contribution in [3.63, 3.8) is 0 Å². The second-order valence-electron chi connectivity index (χ2n) is 7.01. The minimum Gasteiger partial charge on any atom is -0.507 e. The third-order valence-corrected chi connectivity index (χ3v) is 11.5. The first-order valence-corrected chi connectivity index (χ1v) is 14.6. The number of phenolic OH excluding ortho intramolecular Hbond substituents is 1. The lowest BCUT2D eigenvalue weighted by molar-refractivity contribution is 0.477. The monoisotopic (exact) mass is 563 g/mol. The van der Waals surface area contributed by atoms with E-state index in [2.05, 4.69) is 28.8 Å². The zero-order chi connectivity index (χ0) is 23.9. The highest BCUT2D eigenvalue weighted by molar-refractivity contribution is 7.78. The van der Waals surface area contributed by atoms with Gasteiger partial charge in [-0.15, -0.1) is 0 Å². The van der Waals surface area contributed by atoms with Crippen molar-refractivity contribution < 1.29 is 5.11 Å². The van der Waals surface area contributed by atoms with Gasteiger partial charge in [0.1, 0.15) is 5.75 Å². The molecule has 0 spiro atoms. The molecule has 0 radical (unpaired) electrons. The molecule has 4 nitrogen and oxygen atoms in total. The molecule has 5 aromatic rings. The van der Waals surface area contributed by atoms with Gasteiger partial charge in [0.05, 0.1) is 8.51 Å². The van der Waals surface area contributed by atoms with Crippen LogP contribution in [0.4, 0.5) is 0 Å². The Morgan fingerprint density at radius 2 is 1.21 bits per heavy atom. The second kappa shape index (κ2) is 12.0. The van der Waals surface area contributed by atoms with Crippen molar-refractivity contribution in [3.05, 3.63) is 103 Å². The Labute approximate surface area is 217 Å². The van der Waals surface area contributed by atoms with Crippen LogP contribution in [0.3, 0.4) is 0 Å². The Kier molecular flexibility index (Phi) is 8.81. The molecule has 0 aliphatic carbocycles. The zero-order valence-electron chi connectivity index (χ0n) is 17.6. The summed E-state index contributed by atoms with van der Waals surface area (Å²) in [5.74, 6) is 0.296. The molecule has 1 aromatic heterocycles. The number of aromatic hydroxyl groups is 1. The van der Waals surface area contributed by atoms with Crippen molar-refractivity contribution in [2.45, 2.75) is 0 Å². The van der Waals surface area contributed by atoms with Crippen LogP contribution in [-0.4, -0.2) is 16.8 Å². The molecular formula is C24H19Cl3N3OP3. The SMILES string of the molecule is Cln1pn[pH]n(Cl)p1Cl.Oc1ccc(-c2ccccc2)c(-c2ccccc2)c1-c1ccccc1. The molecule has 34 heavy (non-hydrogen) atoms. The summed E-state index contributed by atoms with van der Waals surface area (Å²) in [4.78, 5) is 0. The highest BCUT2D eigenvalue weighted by Gasteiger charge is 2.17. The van der Waals surface area contributed by atoms with Gasteiger partial charge in [-0.05, 0) is 39.6 Å². The highest BCUT2D eigenvalue weighted by atomic mass is 35.7. The number of benzene rings is 4. The van der Waals surface area contributed by atoms with Gasteiger partial charge in [-0.2, -0.15) is 11.7 Å². The summed E-state index contributed by atoms with van der Waals surface area (Å²) in [6.07, 6.45) is 0. The lowest BCUT2D eigenvalue weighted by Gasteiger charge is -2.17. The van der Waals surface area contributed by atoms with Gasteiger partial charge in [-0.1, -0.05) is 97.1 Å². The predicted octanol–water partition coefficient (Wildman–Crippen LogP) is 9.81. The van der Waals surface area contributed by atoms with Crippen LogP contribution in [0.25, 0.3) is 33.4 Å². The number of rotatable bonds is 3. The van der Waals surface area contributed by atoms with Crippen molar-refractivity contribution in [1.82, 2.24) is 11.7 Å². The largest absolute Gasteiger partial charge is 0.507 e. The Bertz CT molecular complexity index is 1380. The van der Waals surface area contributed by atoms with Gasteiger partial charge < -0.3 is 5.11 Å². The third-order valence-electron chi connectivity index (χ3n) is 4.92. The Morgan fingerprint density at radius 1 is 0.706 bits per heavy atom. The van der Waals surface area contributed by atoms with Crippen LogP contribution in [0.15, 0.2) is 103 Å². The van der Waals surface area contributed by atoms with E-state index in [-0.39, 0.29) is 8.51 Å². The van der Waals surface area contributed by atoms with Crippen LogP contribution in [0.1, 0.15) is 0 Å². The molecule has 0 saturated carbocycles. The van der Waals surface area contributed by atoms with Crippen LogP contribution in [0.5, 0.6) is 5.75 Å². The first-order chi connectivity index (χ1) is 16.6. The Balaban J connectivity index is 0.000000257. The molecule has 2 unspecified atom stereocenters. The molecule has 2 atom stereocenters. The summed E-state index contributed by atoms with van der Waals surface area (Å²) < 4.78 is 6.67. The van der Waals surface area contributed by atoms with E-state index in [0.29, 0.717) is 14.3 Å². The van der Waals surface area contributed by atoms with Gasteiger partial charge in [0, 0.05) is 34.7 Å². The number of hydrogen-bond acceptors (Lipinski definition) is 2. The Hall–Kier alpha value is -2.15. The predicted molar refractivity (Wildman–Crippen MR) is 151 cm³/mol. The smallest absolute Gasteiger partial charge is 0.166 e. The molecule has 1 N–H and O–H groups in total. The molecule has 4 aromatic carbocycles. The molecule has 172 valence electrons. The summed E-state index contributed by atoms with van der Waals surface area (Å²) >= 11 is 16.9. The molecule has 10 heteroatoms. The Morgan fingerprint density at radius 3 is 1.71 bits per heavy atom. The summed E-state index contributed by atoms with van der Waals surface area (Å²) in [7, 11) is -0.121. The fourth-order valence-corrected chi connectivity index (χ4v) is 8.38. The number of phenols is 1. The van der Waals surface area contributed by atoms with E-state index in [1.165, 1.54) is 7.22 Å². The quantitative estimate of drug-likeness (QED) is 0.237. The summed E-state index contributed by atoms with van der Waals surface area (Å²) in [5, 5.41) is 10.7. The molecule has 0 fully saturated rings. The zero-order valence-corrected chi connectivity index (χ0v) is 22.7. The van der Waals surface area contributed by atoms with Crippen molar-refractivity contribution >= 4 is 59.0 Å². The molecular weight excluding hydrogens is 546 g/mol. The number of nitrogens with zero attached hydrogens (tertiary/aromatic N) is 3. The molecule has 0 aliphatic heterocycles. The molecule has 0 saturated heterocycles. The maximum atomic E-state index is 10.7. The molecule has 5 rings (SSSR count). The average Bonchev–Trinajstić information content (AvgIpc) is 2.89. The van der Waals surface area contributed by atoms with E-state index in [1.807, 2.05) is 72.8 Å². The van der Waals surface area contributed by atoms with E-state index in [1.54, 1.807) is 6.07 Å². The van der Waals surface area contributed by atoms with Gasteiger partial charge >= 0.3 is 0 Å². The molecule has 0 amide bonds. The minimum atomic E-state index is -1.04.